The highest BCUT2D eigenvalue weighted by molar-refractivity contribution is 7.81. The lowest BCUT2D eigenvalue weighted by Crippen LogP contribution is -1.92. The van der Waals surface area contributed by atoms with Crippen LogP contribution in [-0.2, 0) is 13.6 Å². The van der Waals surface area contributed by atoms with Crippen molar-refractivity contribution in [1.29, 1.82) is 0 Å². The van der Waals surface area contributed by atoms with E-state index in [1.807, 2.05) is 0 Å². The molecule has 5 nitrogen and oxygen atoms in total. The van der Waals surface area contributed by atoms with E-state index in [4.69, 9.17) is 21.5 Å². The van der Waals surface area contributed by atoms with Gasteiger partial charge in [-0.25, -0.2) is 4.57 Å². The molecule has 0 fully saturated rings. The van der Waals surface area contributed by atoms with Gasteiger partial charge in [-0.2, -0.15) is 0 Å². The largest absolute Gasteiger partial charge is 0.428 e. The number of hydrogen-bond donors (Lipinski definition) is 2. The normalized spacial score (nSPS) is 11.9. The standard InChI is InChI=1S/C2H6ClO5P/c3-9(6,7-1-4)8-2-5/h4-5H,1-2H2. The molecule has 9 heavy (non-hydrogen) atoms. The van der Waals surface area contributed by atoms with Gasteiger partial charge in [0.1, 0.15) is 0 Å². The molecule has 7 heteroatoms. The van der Waals surface area contributed by atoms with Gasteiger partial charge < -0.3 is 10.2 Å². The molecule has 0 aliphatic heterocycles. The first-order valence-electron chi connectivity index (χ1n) is 1.93. The molecule has 0 saturated carbocycles. The van der Waals surface area contributed by atoms with E-state index in [1.165, 1.54) is 0 Å². The van der Waals surface area contributed by atoms with Gasteiger partial charge in [0.25, 0.3) is 0 Å². The molecule has 0 saturated heterocycles. The fourth-order valence-electron chi connectivity index (χ4n) is 0.175. The smallest absolute Gasteiger partial charge is 0.370 e. The lowest BCUT2D eigenvalue weighted by Gasteiger charge is -2.05. The fourth-order valence-corrected chi connectivity index (χ4v) is 0.787. The first kappa shape index (κ1) is 9.36. The van der Waals surface area contributed by atoms with Crippen molar-refractivity contribution in [2.45, 2.75) is 0 Å². The third-order valence-electron chi connectivity index (χ3n) is 0.424. The fraction of sp³-hybridized carbons (Fsp3) is 1.00. The first-order valence-corrected chi connectivity index (χ1v) is 4.37. The summed E-state index contributed by atoms with van der Waals surface area (Å²) in [7, 11) is 0. The molecule has 0 bridgehead atoms. The van der Waals surface area contributed by atoms with Gasteiger partial charge in [-0.3, -0.25) is 9.05 Å². The first-order chi connectivity index (χ1) is 4.12. The van der Waals surface area contributed by atoms with Gasteiger partial charge >= 0.3 is 6.95 Å². The molecule has 56 valence electrons. The minimum absolute atomic E-state index is 0.805. The van der Waals surface area contributed by atoms with E-state index >= 15 is 0 Å². The average Bonchev–Trinajstić information content (AvgIpc) is 1.64. The van der Waals surface area contributed by atoms with Crippen LogP contribution >= 0.6 is 18.2 Å². The summed E-state index contributed by atoms with van der Waals surface area (Å²) in [5.41, 5.74) is 0. The van der Waals surface area contributed by atoms with Gasteiger partial charge in [0.15, 0.2) is 13.6 Å². The Bertz CT molecular complexity index is 106. The van der Waals surface area contributed by atoms with Crippen LogP contribution in [0.15, 0.2) is 0 Å². The maximum absolute atomic E-state index is 10.4. The van der Waals surface area contributed by atoms with E-state index in [0.29, 0.717) is 0 Å². The molecule has 0 atom stereocenters. The molecule has 0 unspecified atom stereocenters. The van der Waals surface area contributed by atoms with Crippen molar-refractivity contribution in [2.24, 2.45) is 0 Å². The minimum Gasteiger partial charge on any atom is -0.370 e. The predicted octanol–water partition coefficient (Wildman–Crippen LogP) is 0.266. The Balaban J connectivity index is 3.58. The Morgan fingerprint density at radius 2 is 1.67 bits per heavy atom. The molecule has 0 aliphatic rings. The average molecular weight is 176 g/mol. The second kappa shape index (κ2) is 4.22. The molecule has 0 aromatic rings. The molecular weight excluding hydrogens is 170 g/mol. The Morgan fingerprint density at radius 3 is 1.89 bits per heavy atom. The van der Waals surface area contributed by atoms with Gasteiger partial charge in [0, 0.05) is 11.2 Å². The van der Waals surface area contributed by atoms with Crippen LogP contribution in [0, 0.1) is 0 Å². The lowest BCUT2D eigenvalue weighted by atomic mass is 11.6. The van der Waals surface area contributed by atoms with Crippen molar-refractivity contribution >= 4 is 18.2 Å². The van der Waals surface area contributed by atoms with Crippen molar-refractivity contribution in [3.8, 4) is 0 Å². The second-order valence-electron chi connectivity index (χ2n) is 0.947. The summed E-state index contributed by atoms with van der Waals surface area (Å²) in [4.78, 5) is 0. The highest BCUT2D eigenvalue weighted by Crippen LogP contribution is 2.52. The highest BCUT2D eigenvalue weighted by atomic mass is 35.7. The molecule has 0 spiro atoms. The van der Waals surface area contributed by atoms with Crippen molar-refractivity contribution < 1.29 is 23.8 Å². The number of aliphatic hydroxyl groups is 2. The number of halogens is 1. The Hall–Kier alpha value is 0.360. The highest BCUT2D eigenvalue weighted by Gasteiger charge is 2.18. The van der Waals surface area contributed by atoms with Gasteiger partial charge in [-0.15, -0.1) is 0 Å². The molecular formula is C2H6ClO5P. The lowest BCUT2D eigenvalue weighted by molar-refractivity contribution is 0.0467. The summed E-state index contributed by atoms with van der Waals surface area (Å²) >= 11 is 4.93. The monoisotopic (exact) mass is 176 g/mol. The topological polar surface area (TPSA) is 76.0 Å². The quantitative estimate of drug-likeness (QED) is 0.475. The van der Waals surface area contributed by atoms with Crippen LogP contribution in [0.3, 0.4) is 0 Å². The Labute approximate surface area is 56.5 Å². The van der Waals surface area contributed by atoms with Crippen LogP contribution in [0.5, 0.6) is 0 Å². The summed E-state index contributed by atoms with van der Waals surface area (Å²) in [6.45, 7) is -5.33. The van der Waals surface area contributed by atoms with E-state index in [-0.39, 0.29) is 0 Å². The van der Waals surface area contributed by atoms with Crippen LogP contribution in [0.2, 0.25) is 0 Å². The summed E-state index contributed by atoms with van der Waals surface area (Å²) in [6, 6.07) is 0. The maximum Gasteiger partial charge on any atom is 0.428 e. The zero-order valence-corrected chi connectivity index (χ0v) is 6.01. The molecule has 0 aliphatic carbocycles. The Morgan fingerprint density at radius 1 is 1.33 bits per heavy atom. The number of aliphatic hydroxyl groups excluding tert-OH is 2. The maximum atomic E-state index is 10.4. The summed E-state index contributed by atoms with van der Waals surface area (Å²) in [5.74, 6) is 0. The molecule has 0 rings (SSSR count). The summed E-state index contributed by atoms with van der Waals surface area (Å²) in [5, 5.41) is 16.0. The summed E-state index contributed by atoms with van der Waals surface area (Å²) in [6.07, 6.45) is 0. The van der Waals surface area contributed by atoms with E-state index in [0.717, 1.165) is 0 Å². The minimum atomic E-state index is -3.72. The molecule has 0 heterocycles. The summed E-state index contributed by atoms with van der Waals surface area (Å²) < 4.78 is 18.3. The predicted molar refractivity (Wildman–Crippen MR) is 29.8 cm³/mol. The zero-order chi connectivity index (χ0) is 7.33. The second-order valence-corrected chi connectivity index (χ2v) is 3.57. The SMILES string of the molecule is O=P(Cl)(OCO)OCO. The third kappa shape index (κ3) is 4.84. The Kier molecular flexibility index (Phi) is 4.39. The van der Waals surface area contributed by atoms with E-state index in [2.05, 4.69) is 9.05 Å². The van der Waals surface area contributed by atoms with Gasteiger partial charge in [-0.1, -0.05) is 0 Å². The number of rotatable bonds is 4. The molecule has 0 radical (unpaired) electrons. The van der Waals surface area contributed by atoms with Gasteiger partial charge in [0.05, 0.1) is 0 Å². The van der Waals surface area contributed by atoms with Crippen molar-refractivity contribution in [1.82, 2.24) is 0 Å². The molecule has 0 aromatic heterocycles. The van der Waals surface area contributed by atoms with Crippen molar-refractivity contribution in [3.05, 3.63) is 0 Å². The number of hydrogen-bond acceptors (Lipinski definition) is 5. The van der Waals surface area contributed by atoms with Crippen molar-refractivity contribution in [3.63, 3.8) is 0 Å². The van der Waals surface area contributed by atoms with Gasteiger partial charge in [0.2, 0.25) is 0 Å². The van der Waals surface area contributed by atoms with E-state index < -0.39 is 20.5 Å². The van der Waals surface area contributed by atoms with Crippen LogP contribution in [0.1, 0.15) is 0 Å². The van der Waals surface area contributed by atoms with Crippen molar-refractivity contribution in [2.75, 3.05) is 13.6 Å². The van der Waals surface area contributed by atoms with Gasteiger partial charge in [-0.05, 0) is 0 Å². The molecule has 0 amide bonds. The van der Waals surface area contributed by atoms with Crippen LogP contribution in [-0.4, -0.2) is 23.8 Å². The van der Waals surface area contributed by atoms with Crippen LogP contribution in [0.25, 0.3) is 0 Å². The van der Waals surface area contributed by atoms with Crippen LogP contribution in [0.4, 0.5) is 0 Å². The van der Waals surface area contributed by atoms with Crippen LogP contribution < -0.4 is 0 Å². The third-order valence-corrected chi connectivity index (χ3v) is 1.86. The van der Waals surface area contributed by atoms with E-state index in [9.17, 15) is 4.57 Å². The van der Waals surface area contributed by atoms with E-state index in [1.54, 1.807) is 0 Å². The molecule has 0 aromatic carbocycles. The zero-order valence-electron chi connectivity index (χ0n) is 4.36. The molecule has 2 N–H and O–H groups in total.